The van der Waals surface area contributed by atoms with Crippen LogP contribution in [0.4, 0.5) is 13.6 Å². The van der Waals surface area contributed by atoms with E-state index in [0.29, 0.717) is 32.2 Å². The van der Waals surface area contributed by atoms with Crippen LogP contribution in [0.1, 0.15) is 71.1 Å². The Kier molecular flexibility index (Phi) is 7.20. The normalized spacial score (nSPS) is 23.0. The molecule has 2 heterocycles. The van der Waals surface area contributed by atoms with Crippen molar-refractivity contribution >= 4 is 23.4 Å². The van der Waals surface area contributed by atoms with Gasteiger partial charge in [0.05, 0.1) is 12.1 Å². The number of nitrogens with zero attached hydrogens (tertiary/aromatic N) is 1. The summed E-state index contributed by atoms with van der Waals surface area (Å²) < 4.78 is 35.6. The molecule has 2 N–H and O–H groups in total. The molecule has 35 heavy (non-hydrogen) atoms. The van der Waals surface area contributed by atoms with Gasteiger partial charge >= 0.3 is 12.1 Å². The summed E-state index contributed by atoms with van der Waals surface area (Å²) in [4.78, 5) is 26.4. The third-order valence-electron chi connectivity index (χ3n) is 7.26. The molecule has 1 aromatic carbocycles. The molecular weight excluding hydrogens is 476 g/mol. The lowest BCUT2D eigenvalue weighted by molar-refractivity contribution is -0.121. The Hall–Kier alpha value is -2.52. The van der Waals surface area contributed by atoms with Gasteiger partial charge in [-0.05, 0) is 61.3 Å². The zero-order valence-electron chi connectivity index (χ0n) is 19.9. The molecule has 2 aromatic rings. The third kappa shape index (κ3) is 5.21. The molecule has 0 bridgehead atoms. The highest BCUT2D eigenvalue weighted by atomic mass is 32.1. The van der Waals surface area contributed by atoms with Crippen molar-refractivity contribution in [2.75, 3.05) is 13.2 Å². The van der Waals surface area contributed by atoms with Crippen LogP contribution in [0.5, 0.6) is 0 Å². The highest BCUT2D eigenvalue weighted by Gasteiger charge is 2.62. The van der Waals surface area contributed by atoms with Gasteiger partial charge in [-0.2, -0.15) is 8.78 Å². The number of cyclic esters (lactones) is 1. The highest BCUT2D eigenvalue weighted by molar-refractivity contribution is 7.13. The van der Waals surface area contributed by atoms with Crippen LogP contribution >= 0.6 is 11.3 Å². The fourth-order valence-electron chi connectivity index (χ4n) is 5.08. The largest absolute Gasteiger partial charge is 0.477 e. The molecule has 190 valence electrons. The molecule has 1 saturated carbocycles. The summed E-state index contributed by atoms with van der Waals surface area (Å²) in [6, 6.07) is 9.54. The SMILES string of the molecule is CC(C)c1cccc(C(F)(F)[C@H](O)C[C@@H]2CC23CCOC(=O)N3CCCc2ccc(C(=O)O)s2)c1. The first-order chi connectivity index (χ1) is 16.5. The zero-order valence-corrected chi connectivity index (χ0v) is 20.7. The topological polar surface area (TPSA) is 87.1 Å². The molecule has 1 spiro atoms. The number of aromatic carboxylic acids is 1. The van der Waals surface area contributed by atoms with Gasteiger partial charge in [0, 0.05) is 23.4 Å². The Morgan fingerprint density at radius 3 is 2.77 bits per heavy atom. The molecule has 1 aromatic heterocycles. The number of rotatable bonds is 10. The van der Waals surface area contributed by atoms with E-state index in [2.05, 4.69) is 0 Å². The number of alkyl halides is 2. The van der Waals surface area contributed by atoms with E-state index in [4.69, 9.17) is 9.84 Å². The van der Waals surface area contributed by atoms with Crippen molar-refractivity contribution in [3.8, 4) is 0 Å². The summed E-state index contributed by atoms with van der Waals surface area (Å²) in [6.45, 7) is 4.49. The lowest BCUT2D eigenvalue weighted by atomic mass is 9.93. The number of amides is 1. The van der Waals surface area contributed by atoms with Crippen molar-refractivity contribution in [2.24, 2.45) is 5.92 Å². The number of aryl methyl sites for hydroxylation is 1. The summed E-state index contributed by atoms with van der Waals surface area (Å²) in [6.07, 6.45) is -0.0954. The molecule has 6 nitrogen and oxygen atoms in total. The molecule has 2 aliphatic rings. The number of carbonyl (C=O) groups is 2. The van der Waals surface area contributed by atoms with Crippen molar-refractivity contribution in [3.05, 3.63) is 57.3 Å². The van der Waals surface area contributed by atoms with Gasteiger partial charge in [-0.25, -0.2) is 9.59 Å². The van der Waals surface area contributed by atoms with Crippen LogP contribution in [0.2, 0.25) is 0 Å². The predicted octanol–water partition coefficient (Wildman–Crippen LogP) is 5.65. The number of carbonyl (C=O) groups excluding carboxylic acids is 1. The van der Waals surface area contributed by atoms with Gasteiger partial charge in [0.1, 0.15) is 11.0 Å². The monoisotopic (exact) mass is 507 g/mol. The van der Waals surface area contributed by atoms with Gasteiger partial charge in [-0.1, -0.05) is 32.0 Å². The number of carboxylic acids is 1. The minimum absolute atomic E-state index is 0.0984. The van der Waals surface area contributed by atoms with Crippen molar-refractivity contribution in [2.45, 2.75) is 69.4 Å². The minimum atomic E-state index is -3.39. The Morgan fingerprint density at radius 1 is 1.31 bits per heavy atom. The van der Waals surface area contributed by atoms with E-state index in [9.17, 15) is 14.7 Å². The lowest BCUT2D eigenvalue weighted by Gasteiger charge is -2.37. The van der Waals surface area contributed by atoms with Gasteiger partial charge in [0.2, 0.25) is 0 Å². The second-order valence-corrected chi connectivity index (χ2v) is 11.0. The number of hydrogen-bond donors (Lipinski definition) is 2. The Morgan fingerprint density at radius 2 is 2.09 bits per heavy atom. The van der Waals surface area contributed by atoms with Crippen molar-refractivity contribution < 1.29 is 33.3 Å². The fourth-order valence-corrected chi connectivity index (χ4v) is 5.97. The van der Waals surface area contributed by atoms with Gasteiger partial charge in [-0.15, -0.1) is 11.3 Å². The lowest BCUT2D eigenvalue weighted by Crippen LogP contribution is -2.49. The minimum Gasteiger partial charge on any atom is -0.477 e. The predicted molar refractivity (Wildman–Crippen MR) is 128 cm³/mol. The van der Waals surface area contributed by atoms with E-state index in [-0.39, 0.29) is 35.3 Å². The van der Waals surface area contributed by atoms with Gasteiger partial charge in [0.15, 0.2) is 0 Å². The van der Waals surface area contributed by atoms with E-state index < -0.39 is 29.6 Å². The van der Waals surface area contributed by atoms with Crippen LogP contribution in [-0.4, -0.2) is 52.0 Å². The van der Waals surface area contributed by atoms with Crippen LogP contribution in [0, 0.1) is 5.92 Å². The Balaban J connectivity index is 1.40. The third-order valence-corrected chi connectivity index (χ3v) is 8.39. The summed E-state index contributed by atoms with van der Waals surface area (Å²) >= 11 is 1.21. The number of aliphatic hydroxyl groups is 1. The van der Waals surface area contributed by atoms with E-state index in [1.54, 1.807) is 29.2 Å². The number of ether oxygens (including phenoxy) is 1. The van der Waals surface area contributed by atoms with E-state index >= 15 is 8.78 Å². The number of benzene rings is 1. The quantitative estimate of drug-likeness (QED) is 0.434. The van der Waals surface area contributed by atoms with Gasteiger partial charge in [-0.3, -0.25) is 0 Å². The smallest absolute Gasteiger partial charge is 0.410 e. The first kappa shape index (κ1) is 25.6. The average Bonchev–Trinajstić information content (AvgIpc) is 3.25. The van der Waals surface area contributed by atoms with Crippen molar-refractivity contribution in [3.63, 3.8) is 0 Å². The van der Waals surface area contributed by atoms with Crippen LogP contribution in [0.15, 0.2) is 36.4 Å². The summed E-state index contributed by atoms with van der Waals surface area (Å²) in [7, 11) is 0. The van der Waals surface area contributed by atoms with Crippen molar-refractivity contribution in [1.82, 2.24) is 4.90 Å². The van der Waals surface area contributed by atoms with E-state index in [1.165, 1.54) is 23.5 Å². The molecular formula is C26H31F2NO5S. The number of hydrogen-bond acceptors (Lipinski definition) is 5. The Bertz CT molecular complexity index is 1090. The molecule has 1 amide bonds. The zero-order chi connectivity index (χ0) is 25.4. The van der Waals surface area contributed by atoms with E-state index in [0.717, 1.165) is 10.4 Å². The molecule has 0 radical (unpaired) electrons. The average molecular weight is 508 g/mol. The highest BCUT2D eigenvalue weighted by Crippen LogP contribution is 2.56. The van der Waals surface area contributed by atoms with Gasteiger partial charge < -0.3 is 19.8 Å². The molecule has 4 rings (SSSR count). The number of aliphatic hydroxyl groups excluding tert-OH is 1. The molecule has 1 saturated heterocycles. The number of halogens is 2. The maximum Gasteiger partial charge on any atom is 0.410 e. The number of thiophene rings is 1. The second kappa shape index (κ2) is 9.85. The molecule has 3 atom stereocenters. The first-order valence-electron chi connectivity index (χ1n) is 12.0. The summed E-state index contributed by atoms with van der Waals surface area (Å²) in [5.74, 6) is -4.49. The van der Waals surface area contributed by atoms with E-state index in [1.807, 2.05) is 13.8 Å². The maximum absolute atomic E-state index is 15.2. The molecule has 1 unspecified atom stereocenters. The standard InChI is InChI=1S/C26H31F2NO5S/c1-16(2)17-5-3-6-18(13-17)26(27,28)22(30)14-19-15-25(19)10-12-34-24(33)29(25)11-4-7-20-8-9-21(35-20)23(31)32/h3,5-6,8-9,13,16,19,22,30H,4,7,10-12,14-15H2,1-2H3,(H,31,32)/t19-,22-,25?/m1/s1. The molecule has 9 heteroatoms. The van der Waals surface area contributed by atoms with Crippen molar-refractivity contribution in [1.29, 1.82) is 0 Å². The second-order valence-electron chi connectivity index (χ2n) is 9.85. The molecule has 1 aliphatic carbocycles. The summed E-state index contributed by atoms with van der Waals surface area (Å²) in [5.41, 5.74) is 0.0376. The Labute approximate surface area is 207 Å². The number of carboxylic acid groups (broad SMARTS) is 1. The maximum atomic E-state index is 15.2. The first-order valence-corrected chi connectivity index (χ1v) is 12.8. The van der Waals surface area contributed by atoms with Crippen LogP contribution in [0.3, 0.4) is 0 Å². The molecule has 2 fully saturated rings. The van der Waals surface area contributed by atoms with Gasteiger partial charge in [0.25, 0.3) is 5.92 Å². The van der Waals surface area contributed by atoms with Crippen LogP contribution in [-0.2, 0) is 17.1 Å². The van der Waals surface area contributed by atoms with Crippen LogP contribution < -0.4 is 0 Å². The fraction of sp³-hybridized carbons (Fsp3) is 0.538. The van der Waals surface area contributed by atoms with Crippen LogP contribution in [0.25, 0.3) is 0 Å². The summed E-state index contributed by atoms with van der Waals surface area (Å²) in [5, 5.41) is 19.7. The molecule has 1 aliphatic heterocycles.